The van der Waals surface area contributed by atoms with Crippen molar-refractivity contribution in [3.8, 4) is 0 Å². The Balaban J connectivity index is 1.30. The Hall–Kier alpha value is -3.47. The molecule has 0 aliphatic carbocycles. The van der Waals surface area contributed by atoms with Crippen molar-refractivity contribution in [2.75, 3.05) is 32.7 Å². The number of hydrogen-bond donors (Lipinski definition) is 3. The molecule has 0 bridgehead atoms. The molecular weight excluding hydrogens is 402 g/mol. The lowest BCUT2D eigenvalue weighted by Gasteiger charge is -2.34. The van der Waals surface area contributed by atoms with E-state index in [4.69, 9.17) is 0 Å². The monoisotopic (exact) mass is 427 g/mol. The van der Waals surface area contributed by atoms with Gasteiger partial charge in [-0.15, -0.1) is 0 Å². The molecule has 0 saturated carbocycles. The van der Waals surface area contributed by atoms with Gasteiger partial charge >= 0.3 is 6.03 Å². The van der Waals surface area contributed by atoms with Crippen LogP contribution < -0.4 is 10.7 Å². The number of hydrogen-bond acceptors (Lipinski definition) is 6. The normalized spacial score (nSPS) is 22.1. The number of fused-ring (bicyclic) bond motifs is 1. The molecule has 3 N–H and O–H groups in total. The molecule has 4 rings (SSSR count). The van der Waals surface area contributed by atoms with Gasteiger partial charge in [-0.3, -0.25) is 29.8 Å². The average Bonchev–Trinajstić information content (AvgIpc) is 3.29. The third-order valence-electron chi connectivity index (χ3n) is 5.90. The Morgan fingerprint density at radius 2 is 1.87 bits per heavy atom. The number of para-hydroxylation sites is 1. The number of urea groups is 1. The first-order valence-corrected chi connectivity index (χ1v) is 10.2. The quantitative estimate of drug-likeness (QED) is 0.579. The fourth-order valence-corrected chi connectivity index (χ4v) is 3.77. The van der Waals surface area contributed by atoms with E-state index in [2.05, 4.69) is 20.9 Å². The zero-order valence-electron chi connectivity index (χ0n) is 17.5. The van der Waals surface area contributed by atoms with Gasteiger partial charge in [-0.05, 0) is 19.4 Å². The molecule has 1 aromatic heterocycles. The van der Waals surface area contributed by atoms with Gasteiger partial charge in [0.25, 0.3) is 17.7 Å². The van der Waals surface area contributed by atoms with Gasteiger partial charge in [-0.2, -0.15) is 10.1 Å². The number of nitrogens with one attached hydrogen (secondary N) is 3. The van der Waals surface area contributed by atoms with E-state index in [0.717, 1.165) is 15.9 Å². The van der Waals surface area contributed by atoms with Crippen LogP contribution in [0.2, 0.25) is 0 Å². The number of aromatic amines is 1. The minimum absolute atomic E-state index is 0.0211. The Morgan fingerprint density at radius 3 is 2.55 bits per heavy atom. The minimum atomic E-state index is -1.01. The topological polar surface area (TPSA) is 131 Å². The predicted molar refractivity (Wildman–Crippen MR) is 111 cm³/mol. The number of benzene rings is 1. The van der Waals surface area contributed by atoms with Gasteiger partial charge in [0.1, 0.15) is 5.54 Å². The highest BCUT2D eigenvalue weighted by Crippen LogP contribution is 2.20. The van der Waals surface area contributed by atoms with E-state index < -0.39 is 23.4 Å². The van der Waals surface area contributed by atoms with Crippen LogP contribution in [0.4, 0.5) is 4.79 Å². The van der Waals surface area contributed by atoms with Crippen LogP contribution in [0.5, 0.6) is 0 Å². The van der Waals surface area contributed by atoms with Crippen molar-refractivity contribution >= 4 is 34.7 Å². The van der Waals surface area contributed by atoms with Crippen LogP contribution in [0, 0.1) is 0 Å². The molecule has 2 fully saturated rings. The molecule has 0 spiro atoms. The number of hydrazine groups is 1. The summed E-state index contributed by atoms with van der Waals surface area (Å²) in [6, 6.07) is 6.82. The number of piperazine rings is 1. The number of H-pyrrole nitrogens is 1. The lowest BCUT2D eigenvalue weighted by atomic mass is 10.00. The highest BCUT2D eigenvalue weighted by molar-refractivity contribution is 6.07. The molecule has 1 aromatic carbocycles. The van der Waals surface area contributed by atoms with Gasteiger partial charge in [0, 0.05) is 31.6 Å². The third kappa shape index (κ3) is 3.83. The molecule has 5 amide bonds. The van der Waals surface area contributed by atoms with E-state index in [1.54, 1.807) is 18.7 Å². The van der Waals surface area contributed by atoms with Gasteiger partial charge in [0.15, 0.2) is 5.69 Å². The second kappa shape index (κ2) is 7.99. The highest BCUT2D eigenvalue weighted by atomic mass is 16.2. The van der Waals surface area contributed by atoms with Gasteiger partial charge in [0.05, 0.1) is 12.1 Å². The van der Waals surface area contributed by atoms with E-state index in [-0.39, 0.29) is 12.5 Å². The summed E-state index contributed by atoms with van der Waals surface area (Å²) in [7, 11) is 0. The number of carbonyl (C=O) groups excluding carboxylic acids is 4. The second-order valence-electron chi connectivity index (χ2n) is 7.98. The molecule has 2 saturated heterocycles. The van der Waals surface area contributed by atoms with Crippen molar-refractivity contribution in [3.05, 3.63) is 30.0 Å². The number of imide groups is 1. The van der Waals surface area contributed by atoms with Crippen molar-refractivity contribution in [2.24, 2.45) is 0 Å². The van der Waals surface area contributed by atoms with E-state index in [1.165, 1.54) is 0 Å². The van der Waals surface area contributed by atoms with Crippen LogP contribution in [0.15, 0.2) is 24.3 Å². The number of carbonyl (C=O) groups is 4. The molecule has 2 aliphatic heterocycles. The zero-order chi connectivity index (χ0) is 22.2. The molecule has 164 valence electrons. The van der Waals surface area contributed by atoms with Crippen LogP contribution in [0.1, 0.15) is 30.8 Å². The number of amides is 5. The summed E-state index contributed by atoms with van der Waals surface area (Å²) in [6.45, 7) is 5.32. The first-order valence-electron chi connectivity index (χ1n) is 10.2. The molecule has 1 atom stereocenters. The second-order valence-corrected chi connectivity index (χ2v) is 7.98. The lowest BCUT2D eigenvalue weighted by molar-refractivity contribution is -0.139. The van der Waals surface area contributed by atoms with Crippen LogP contribution in [-0.2, 0) is 9.59 Å². The van der Waals surface area contributed by atoms with Crippen LogP contribution in [0.25, 0.3) is 10.9 Å². The lowest BCUT2D eigenvalue weighted by Crippen LogP contribution is -2.54. The summed E-state index contributed by atoms with van der Waals surface area (Å²) in [5.41, 5.74) is 2.58. The first kappa shape index (κ1) is 20.8. The van der Waals surface area contributed by atoms with Crippen molar-refractivity contribution in [2.45, 2.75) is 25.8 Å². The maximum absolute atomic E-state index is 12.9. The third-order valence-corrected chi connectivity index (χ3v) is 5.90. The Labute approximate surface area is 178 Å². The van der Waals surface area contributed by atoms with E-state index in [9.17, 15) is 19.2 Å². The zero-order valence-corrected chi connectivity index (χ0v) is 17.5. The van der Waals surface area contributed by atoms with Gasteiger partial charge < -0.3 is 10.2 Å². The smallest absolute Gasteiger partial charge is 0.335 e. The number of rotatable bonds is 5. The standard InChI is InChI=1S/C20H25N7O4/c1-3-20(2)18(30)27(19(31)21-20)24-15(28)12-25-8-10-26(11-9-25)17(29)16-13-6-4-5-7-14(13)22-23-16/h4-7H,3,8-12H2,1-2H3,(H,21,31)(H,22,23)(H,24,28)/t20-/m1/s1. The molecule has 11 heteroatoms. The summed E-state index contributed by atoms with van der Waals surface area (Å²) in [5.74, 6) is -1.09. The van der Waals surface area contributed by atoms with E-state index in [1.807, 2.05) is 29.2 Å². The highest BCUT2D eigenvalue weighted by Gasteiger charge is 2.47. The number of nitrogens with zero attached hydrogens (tertiary/aromatic N) is 4. The fourth-order valence-electron chi connectivity index (χ4n) is 3.77. The maximum atomic E-state index is 12.9. The van der Waals surface area contributed by atoms with Crippen molar-refractivity contribution in [3.63, 3.8) is 0 Å². The van der Waals surface area contributed by atoms with Gasteiger partial charge in [0.2, 0.25) is 0 Å². The largest absolute Gasteiger partial charge is 0.344 e. The summed E-state index contributed by atoms with van der Waals surface area (Å²) in [5, 5.41) is 11.1. The van der Waals surface area contributed by atoms with E-state index in [0.29, 0.717) is 38.3 Å². The molecule has 11 nitrogen and oxygen atoms in total. The van der Waals surface area contributed by atoms with E-state index >= 15 is 0 Å². The molecule has 0 unspecified atom stereocenters. The summed E-state index contributed by atoms with van der Waals surface area (Å²) in [6.07, 6.45) is 0.422. The number of aromatic nitrogens is 2. The average molecular weight is 427 g/mol. The maximum Gasteiger partial charge on any atom is 0.344 e. The minimum Gasteiger partial charge on any atom is -0.335 e. The molecule has 0 radical (unpaired) electrons. The van der Waals surface area contributed by atoms with Crippen LogP contribution in [0.3, 0.4) is 0 Å². The molecular formula is C20H25N7O4. The Kier molecular flexibility index (Phi) is 5.36. The molecule has 2 aliphatic rings. The molecule has 3 heterocycles. The summed E-state index contributed by atoms with van der Waals surface area (Å²) < 4.78 is 0. The van der Waals surface area contributed by atoms with Crippen molar-refractivity contribution in [1.29, 1.82) is 0 Å². The molecule has 31 heavy (non-hydrogen) atoms. The summed E-state index contributed by atoms with van der Waals surface area (Å²) >= 11 is 0. The van der Waals surface area contributed by atoms with Crippen LogP contribution in [-0.4, -0.2) is 87.0 Å². The SMILES string of the molecule is CC[C@@]1(C)NC(=O)N(NC(=O)CN2CCN(C(=O)c3n[nH]c4ccccc34)CC2)C1=O. The first-order chi connectivity index (χ1) is 14.8. The van der Waals surface area contributed by atoms with Crippen molar-refractivity contribution < 1.29 is 19.2 Å². The summed E-state index contributed by atoms with van der Waals surface area (Å²) in [4.78, 5) is 53.2. The Morgan fingerprint density at radius 1 is 1.16 bits per heavy atom. The Bertz CT molecular complexity index is 1040. The van der Waals surface area contributed by atoms with Gasteiger partial charge in [-0.25, -0.2) is 4.79 Å². The van der Waals surface area contributed by atoms with Crippen molar-refractivity contribution in [1.82, 2.24) is 35.7 Å². The predicted octanol–water partition coefficient (Wildman–Crippen LogP) is 0.0724. The van der Waals surface area contributed by atoms with Crippen LogP contribution >= 0.6 is 0 Å². The fraction of sp³-hybridized carbons (Fsp3) is 0.450. The molecule has 2 aromatic rings. The van der Waals surface area contributed by atoms with Gasteiger partial charge in [-0.1, -0.05) is 25.1 Å².